The van der Waals surface area contributed by atoms with Crippen LogP contribution in [0.25, 0.3) is 0 Å². The van der Waals surface area contributed by atoms with E-state index in [9.17, 15) is 4.79 Å². The van der Waals surface area contributed by atoms with E-state index in [1.807, 2.05) is 0 Å². The maximum absolute atomic E-state index is 11.4. The number of benzene rings is 2. The van der Waals surface area contributed by atoms with Gasteiger partial charge in [-0.1, -0.05) is 55.9 Å². The molecule has 3 heteroatoms. The summed E-state index contributed by atoms with van der Waals surface area (Å²) in [5.74, 6) is 0.0493. The second kappa shape index (κ2) is 8.44. The van der Waals surface area contributed by atoms with Crippen molar-refractivity contribution in [1.29, 1.82) is 0 Å². The van der Waals surface area contributed by atoms with Crippen LogP contribution in [0.3, 0.4) is 0 Å². The normalized spacial score (nSPS) is 13.4. The fourth-order valence-electron chi connectivity index (χ4n) is 3.27. The molecule has 0 aliphatic rings. The van der Waals surface area contributed by atoms with Crippen LogP contribution in [0.5, 0.6) is 0 Å². The Labute approximate surface area is 147 Å². The van der Waals surface area contributed by atoms with Crippen molar-refractivity contribution in [2.75, 3.05) is 6.16 Å². The zero-order chi connectivity index (χ0) is 17.7. The molecule has 0 spiro atoms. The molecule has 0 fully saturated rings. The lowest BCUT2D eigenvalue weighted by atomic mass is 10.0. The second-order valence-electron chi connectivity index (χ2n) is 6.69. The number of aryl methyl sites for hydroxylation is 3. The summed E-state index contributed by atoms with van der Waals surface area (Å²) < 4.78 is 0. The van der Waals surface area contributed by atoms with Crippen LogP contribution >= 0.6 is 7.92 Å². The van der Waals surface area contributed by atoms with Crippen molar-refractivity contribution in [3.05, 3.63) is 64.7 Å². The van der Waals surface area contributed by atoms with Crippen molar-refractivity contribution < 1.29 is 4.79 Å². The molecule has 0 saturated carbocycles. The van der Waals surface area contributed by atoms with E-state index in [4.69, 9.17) is 0 Å². The Morgan fingerprint density at radius 3 is 2.21 bits per heavy atom. The molecule has 24 heavy (non-hydrogen) atoms. The molecule has 2 atom stereocenters. The van der Waals surface area contributed by atoms with E-state index in [0.29, 0.717) is 0 Å². The quantitative estimate of drug-likeness (QED) is 0.773. The number of hydrogen-bond donors (Lipinski definition) is 1. The summed E-state index contributed by atoms with van der Waals surface area (Å²) in [6.07, 6.45) is 2.08. The highest BCUT2D eigenvalue weighted by Gasteiger charge is 2.18. The van der Waals surface area contributed by atoms with E-state index in [-0.39, 0.29) is 19.9 Å². The minimum absolute atomic E-state index is 0.0493. The van der Waals surface area contributed by atoms with Crippen LogP contribution in [0.4, 0.5) is 0 Å². The molecule has 2 rings (SSSR count). The van der Waals surface area contributed by atoms with E-state index in [1.165, 1.54) is 27.6 Å². The predicted molar refractivity (Wildman–Crippen MR) is 105 cm³/mol. The second-order valence-corrected chi connectivity index (χ2v) is 8.97. The van der Waals surface area contributed by atoms with E-state index >= 15 is 0 Å². The van der Waals surface area contributed by atoms with Crippen molar-refractivity contribution in [3.63, 3.8) is 0 Å². The van der Waals surface area contributed by atoms with E-state index in [2.05, 4.69) is 75.5 Å². The Kier molecular flexibility index (Phi) is 6.57. The number of carbonyl (C=O) groups excluding carboxylic acids is 1. The average molecular weight is 341 g/mol. The zero-order valence-electron chi connectivity index (χ0n) is 15.4. The Morgan fingerprint density at radius 1 is 1.08 bits per heavy atom. The molecule has 128 valence electrons. The van der Waals surface area contributed by atoms with Gasteiger partial charge in [-0.25, -0.2) is 0 Å². The van der Waals surface area contributed by atoms with Crippen LogP contribution in [0, 0.1) is 20.8 Å². The predicted octanol–water partition coefficient (Wildman–Crippen LogP) is 4.44. The molecule has 2 unspecified atom stereocenters. The monoisotopic (exact) mass is 341 g/mol. The molecule has 0 aliphatic heterocycles. The van der Waals surface area contributed by atoms with Gasteiger partial charge in [0, 0.05) is 13.0 Å². The van der Waals surface area contributed by atoms with Crippen LogP contribution < -0.4 is 10.6 Å². The minimum atomic E-state index is -0.359. The smallest absolute Gasteiger partial charge is 0.217 e. The molecule has 0 heterocycles. The summed E-state index contributed by atoms with van der Waals surface area (Å²) >= 11 is 0. The molecular weight excluding hydrogens is 313 g/mol. The maximum Gasteiger partial charge on any atom is 0.217 e. The summed E-state index contributed by atoms with van der Waals surface area (Å²) in [5.41, 5.74) is 5.54. The topological polar surface area (TPSA) is 29.1 Å². The number of rotatable bonds is 6. The molecule has 1 N–H and O–H groups in total. The first-order valence-corrected chi connectivity index (χ1v) is 10.2. The molecule has 2 nitrogen and oxygen atoms in total. The first-order chi connectivity index (χ1) is 11.4. The van der Waals surface area contributed by atoms with Crippen molar-refractivity contribution in [3.8, 4) is 0 Å². The minimum Gasteiger partial charge on any atom is -0.354 e. The first kappa shape index (κ1) is 18.7. The third kappa shape index (κ3) is 5.18. The Bertz CT molecular complexity index is 673. The van der Waals surface area contributed by atoms with Gasteiger partial charge in [-0.3, -0.25) is 4.79 Å². The van der Waals surface area contributed by atoms with Gasteiger partial charge in [-0.05, 0) is 62.0 Å². The Balaban J connectivity index is 2.28. The summed E-state index contributed by atoms with van der Waals surface area (Å²) in [6.45, 7) is 10.3. The average Bonchev–Trinajstić information content (AvgIpc) is 2.49. The number of nitrogens with one attached hydrogen (secondary N) is 1. The van der Waals surface area contributed by atoms with Gasteiger partial charge in [0.2, 0.25) is 5.91 Å². The Hall–Kier alpha value is -1.66. The van der Waals surface area contributed by atoms with Gasteiger partial charge in [0.1, 0.15) is 0 Å². The zero-order valence-corrected chi connectivity index (χ0v) is 16.3. The van der Waals surface area contributed by atoms with E-state index < -0.39 is 0 Å². The Morgan fingerprint density at radius 2 is 1.67 bits per heavy atom. The molecule has 2 aromatic rings. The standard InChI is InChI=1S/C21H28NOP/c1-15-11-16(2)21(17(3)12-15)14-24(13-18(4)22-19(5)23)20-9-7-6-8-10-20/h6-12,18H,13-14H2,1-5H3,(H,22,23). The fraction of sp³-hybridized carbons (Fsp3) is 0.381. The third-order valence-electron chi connectivity index (χ3n) is 4.25. The lowest BCUT2D eigenvalue weighted by Crippen LogP contribution is -2.33. The van der Waals surface area contributed by atoms with Gasteiger partial charge in [-0.15, -0.1) is 0 Å². The van der Waals surface area contributed by atoms with Crippen LogP contribution in [-0.4, -0.2) is 18.1 Å². The first-order valence-electron chi connectivity index (χ1n) is 8.50. The highest BCUT2D eigenvalue weighted by molar-refractivity contribution is 7.64. The number of amides is 1. The third-order valence-corrected chi connectivity index (χ3v) is 6.97. The molecule has 0 bridgehead atoms. The van der Waals surface area contributed by atoms with Gasteiger partial charge in [-0.2, -0.15) is 0 Å². The summed E-state index contributed by atoms with van der Waals surface area (Å²) in [4.78, 5) is 11.4. The van der Waals surface area contributed by atoms with Crippen molar-refractivity contribution >= 4 is 19.1 Å². The van der Waals surface area contributed by atoms with Gasteiger partial charge in [0.05, 0.1) is 0 Å². The van der Waals surface area contributed by atoms with Crippen molar-refractivity contribution in [2.45, 2.75) is 46.8 Å². The SMILES string of the molecule is CC(=O)NC(C)CP(Cc1c(C)cc(C)cc1C)c1ccccc1. The van der Waals surface area contributed by atoms with Crippen LogP contribution in [0.2, 0.25) is 0 Å². The molecule has 0 aliphatic carbocycles. The number of carbonyl (C=O) groups is 1. The molecule has 0 radical (unpaired) electrons. The molecule has 0 saturated heterocycles. The maximum atomic E-state index is 11.4. The van der Waals surface area contributed by atoms with Gasteiger partial charge in [0.15, 0.2) is 0 Å². The van der Waals surface area contributed by atoms with Crippen molar-refractivity contribution in [1.82, 2.24) is 5.32 Å². The lowest BCUT2D eigenvalue weighted by molar-refractivity contribution is -0.119. The highest BCUT2D eigenvalue weighted by Crippen LogP contribution is 2.41. The summed E-state index contributed by atoms with van der Waals surface area (Å²) in [5, 5.41) is 4.45. The lowest BCUT2D eigenvalue weighted by Gasteiger charge is -2.24. The van der Waals surface area contributed by atoms with Gasteiger partial charge >= 0.3 is 0 Å². The van der Waals surface area contributed by atoms with Crippen LogP contribution in [0.1, 0.15) is 36.1 Å². The highest BCUT2D eigenvalue weighted by atomic mass is 31.1. The van der Waals surface area contributed by atoms with Crippen molar-refractivity contribution in [2.24, 2.45) is 0 Å². The van der Waals surface area contributed by atoms with Gasteiger partial charge in [0.25, 0.3) is 0 Å². The van der Waals surface area contributed by atoms with E-state index in [0.717, 1.165) is 12.3 Å². The number of hydrogen-bond acceptors (Lipinski definition) is 1. The van der Waals surface area contributed by atoms with Gasteiger partial charge < -0.3 is 5.32 Å². The molecule has 1 amide bonds. The molecule has 0 aromatic heterocycles. The molecular formula is C21H28NOP. The summed E-state index contributed by atoms with van der Waals surface area (Å²) in [6, 6.07) is 15.5. The van der Waals surface area contributed by atoms with E-state index in [1.54, 1.807) is 6.92 Å². The van der Waals surface area contributed by atoms with Crippen LogP contribution in [0.15, 0.2) is 42.5 Å². The van der Waals surface area contributed by atoms with Crippen LogP contribution in [-0.2, 0) is 11.0 Å². The molecule has 2 aromatic carbocycles. The largest absolute Gasteiger partial charge is 0.354 e. The fourth-order valence-corrected chi connectivity index (χ4v) is 6.02. The summed E-state index contributed by atoms with van der Waals surface area (Å²) in [7, 11) is -0.359.